The van der Waals surface area contributed by atoms with Crippen LogP contribution < -0.4 is 10.3 Å². The summed E-state index contributed by atoms with van der Waals surface area (Å²) >= 11 is 0. The van der Waals surface area contributed by atoms with Crippen LogP contribution in [-0.2, 0) is 6.54 Å². The Morgan fingerprint density at radius 3 is 2.80 bits per heavy atom. The number of hydrazone groups is 1. The molecule has 1 aliphatic rings. The van der Waals surface area contributed by atoms with Crippen LogP contribution in [0.25, 0.3) is 0 Å². The Morgan fingerprint density at radius 1 is 1.28 bits per heavy atom. The second-order valence-corrected chi connectivity index (χ2v) is 6.55. The van der Waals surface area contributed by atoms with Crippen LogP contribution in [0.15, 0.2) is 41.6 Å². The smallest absolute Gasteiger partial charge is 0.287 e. The number of aromatic amines is 1. The van der Waals surface area contributed by atoms with Crippen LogP contribution in [0.3, 0.4) is 0 Å². The summed E-state index contributed by atoms with van der Waals surface area (Å²) in [5, 5.41) is 14.3. The third-order valence-corrected chi connectivity index (χ3v) is 4.67. The maximum atomic E-state index is 11.9. The number of amides is 1. The number of aromatic hydroxyl groups is 1. The van der Waals surface area contributed by atoms with Gasteiger partial charge in [0.2, 0.25) is 0 Å². The summed E-state index contributed by atoms with van der Waals surface area (Å²) in [5.41, 5.74) is 5.55. The van der Waals surface area contributed by atoms with Crippen LogP contribution in [0.2, 0.25) is 0 Å². The molecule has 0 unspecified atom stereocenters. The van der Waals surface area contributed by atoms with Gasteiger partial charge < -0.3 is 15.0 Å². The fourth-order valence-electron chi connectivity index (χ4n) is 3.18. The summed E-state index contributed by atoms with van der Waals surface area (Å²) < 4.78 is 0. The molecule has 1 saturated heterocycles. The number of likely N-dealkylation sites (tertiary alicyclic amines) is 1. The van der Waals surface area contributed by atoms with Crippen molar-refractivity contribution < 1.29 is 14.8 Å². The van der Waals surface area contributed by atoms with Crippen molar-refractivity contribution in [1.29, 1.82) is 0 Å². The van der Waals surface area contributed by atoms with E-state index in [0.717, 1.165) is 30.8 Å². The van der Waals surface area contributed by atoms with Gasteiger partial charge in [0.25, 0.3) is 5.91 Å². The molecule has 1 aromatic heterocycles. The Kier molecular flexibility index (Phi) is 5.50. The predicted octanol–water partition coefficient (Wildman–Crippen LogP) is 1.44. The van der Waals surface area contributed by atoms with Crippen LogP contribution in [0.5, 0.6) is 5.75 Å². The maximum absolute atomic E-state index is 11.9. The van der Waals surface area contributed by atoms with Crippen LogP contribution in [-0.4, -0.2) is 34.8 Å². The summed E-state index contributed by atoms with van der Waals surface area (Å²) in [6.07, 6.45) is 5.50. The molecule has 1 fully saturated rings. The first kappa shape index (κ1) is 17.2. The van der Waals surface area contributed by atoms with Crippen molar-refractivity contribution in [3.8, 4) is 5.75 Å². The van der Waals surface area contributed by atoms with Crippen molar-refractivity contribution in [2.45, 2.75) is 32.7 Å². The standard InChI is InChI=1S/C19H24N4O2/c1-14(21-22-19(25)17-6-5-9-20-17)15-7-8-18(24)16(12-15)13-23-10-3-2-4-11-23/h5-9,12,20,24H,2-4,10-11,13H2,1H3,(H,22,25)/p+1/b21-14+. The number of quaternary nitrogens is 1. The number of piperidine rings is 1. The third kappa shape index (κ3) is 4.48. The molecule has 0 saturated carbocycles. The minimum Gasteiger partial charge on any atom is -0.507 e. The molecule has 1 aromatic carbocycles. The fraction of sp³-hybridized carbons (Fsp3) is 0.368. The number of phenolic OH excluding ortho intramolecular Hbond substituents is 1. The zero-order valence-corrected chi connectivity index (χ0v) is 14.5. The Morgan fingerprint density at radius 2 is 2.08 bits per heavy atom. The van der Waals surface area contributed by atoms with Gasteiger partial charge in [-0.05, 0) is 62.1 Å². The zero-order valence-electron chi connectivity index (χ0n) is 14.5. The number of carbonyl (C=O) groups excluding carboxylic acids is 1. The highest BCUT2D eigenvalue weighted by atomic mass is 16.3. The summed E-state index contributed by atoms with van der Waals surface area (Å²) in [6, 6.07) is 8.96. The highest BCUT2D eigenvalue weighted by molar-refractivity contribution is 6.00. The summed E-state index contributed by atoms with van der Waals surface area (Å²) in [6.45, 7) is 4.98. The molecular formula is C19H25N4O2+. The van der Waals surface area contributed by atoms with E-state index in [2.05, 4.69) is 15.5 Å². The highest BCUT2D eigenvalue weighted by Gasteiger charge is 2.16. The second kappa shape index (κ2) is 7.98. The Hall–Kier alpha value is -2.60. The molecule has 4 N–H and O–H groups in total. The highest BCUT2D eigenvalue weighted by Crippen LogP contribution is 2.18. The molecule has 0 aliphatic carbocycles. The largest absolute Gasteiger partial charge is 0.507 e. The SMILES string of the molecule is C/C(=N\NC(=O)c1ccc[nH]1)c1ccc(O)c(C[NH+]2CCCCC2)c1. The molecule has 0 bridgehead atoms. The molecule has 0 atom stereocenters. The lowest BCUT2D eigenvalue weighted by atomic mass is 10.0. The number of carbonyl (C=O) groups is 1. The molecule has 2 aromatic rings. The third-order valence-electron chi connectivity index (χ3n) is 4.67. The van der Waals surface area contributed by atoms with E-state index in [-0.39, 0.29) is 5.91 Å². The van der Waals surface area contributed by atoms with E-state index in [0.29, 0.717) is 17.2 Å². The van der Waals surface area contributed by atoms with Gasteiger partial charge in [-0.1, -0.05) is 0 Å². The predicted molar refractivity (Wildman–Crippen MR) is 96.8 cm³/mol. The van der Waals surface area contributed by atoms with Crippen LogP contribution in [0.1, 0.15) is 47.8 Å². The van der Waals surface area contributed by atoms with E-state index in [1.807, 2.05) is 19.1 Å². The molecule has 132 valence electrons. The van der Waals surface area contributed by atoms with E-state index in [1.165, 1.54) is 24.2 Å². The van der Waals surface area contributed by atoms with Gasteiger partial charge in [0.05, 0.1) is 18.8 Å². The minimum absolute atomic E-state index is 0.277. The molecular weight excluding hydrogens is 316 g/mol. The number of hydrogen-bond acceptors (Lipinski definition) is 3. The molecule has 25 heavy (non-hydrogen) atoms. The van der Waals surface area contributed by atoms with Gasteiger partial charge in [0, 0.05) is 11.8 Å². The van der Waals surface area contributed by atoms with E-state index in [9.17, 15) is 9.90 Å². The molecule has 3 rings (SSSR count). The van der Waals surface area contributed by atoms with Crippen LogP contribution in [0.4, 0.5) is 0 Å². The lowest BCUT2D eigenvalue weighted by molar-refractivity contribution is -0.918. The first-order valence-electron chi connectivity index (χ1n) is 8.77. The van der Waals surface area contributed by atoms with Crippen LogP contribution >= 0.6 is 0 Å². The second-order valence-electron chi connectivity index (χ2n) is 6.55. The number of nitrogens with zero attached hydrogens (tertiary/aromatic N) is 1. The normalized spacial score (nSPS) is 16.0. The summed E-state index contributed by atoms with van der Waals surface area (Å²) in [7, 11) is 0. The van der Waals surface area contributed by atoms with Gasteiger partial charge >= 0.3 is 0 Å². The lowest BCUT2D eigenvalue weighted by Crippen LogP contribution is -3.11. The lowest BCUT2D eigenvalue weighted by Gasteiger charge is -2.24. The molecule has 1 aliphatic heterocycles. The number of aromatic nitrogens is 1. The van der Waals surface area contributed by atoms with Gasteiger partial charge in [-0.2, -0.15) is 5.10 Å². The van der Waals surface area contributed by atoms with Crippen molar-refractivity contribution in [3.63, 3.8) is 0 Å². The summed E-state index contributed by atoms with van der Waals surface area (Å²) in [4.78, 5) is 16.3. The average molecular weight is 341 g/mol. The number of benzene rings is 1. The first-order valence-corrected chi connectivity index (χ1v) is 8.77. The average Bonchev–Trinajstić information content (AvgIpc) is 3.17. The molecule has 6 heteroatoms. The molecule has 6 nitrogen and oxygen atoms in total. The van der Waals surface area contributed by atoms with E-state index in [1.54, 1.807) is 24.4 Å². The fourth-order valence-corrected chi connectivity index (χ4v) is 3.18. The number of hydrogen-bond donors (Lipinski definition) is 4. The van der Waals surface area contributed by atoms with E-state index >= 15 is 0 Å². The zero-order chi connectivity index (χ0) is 17.6. The number of phenols is 1. The Balaban J connectivity index is 1.69. The monoisotopic (exact) mass is 341 g/mol. The van der Waals surface area contributed by atoms with Gasteiger partial charge in [0.15, 0.2) is 0 Å². The quantitative estimate of drug-likeness (QED) is 0.490. The molecule has 1 amide bonds. The molecule has 2 heterocycles. The molecule has 0 spiro atoms. The van der Waals surface area contributed by atoms with E-state index < -0.39 is 0 Å². The Bertz CT molecular complexity index is 747. The van der Waals surface area contributed by atoms with Gasteiger partial charge in [0.1, 0.15) is 18.0 Å². The first-order chi connectivity index (χ1) is 12.1. The van der Waals surface area contributed by atoms with Gasteiger partial charge in [-0.25, -0.2) is 5.43 Å². The Labute approximate surface area is 147 Å². The maximum Gasteiger partial charge on any atom is 0.287 e. The number of rotatable bonds is 5. The van der Waals surface area contributed by atoms with Crippen molar-refractivity contribution in [2.24, 2.45) is 5.10 Å². The minimum atomic E-state index is -0.277. The van der Waals surface area contributed by atoms with Crippen molar-refractivity contribution in [1.82, 2.24) is 10.4 Å². The van der Waals surface area contributed by atoms with E-state index in [4.69, 9.17) is 0 Å². The van der Waals surface area contributed by atoms with Gasteiger partial charge in [-0.15, -0.1) is 0 Å². The molecule has 0 radical (unpaired) electrons. The topological polar surface area (TPSA) is 81.9 Å². The van der Waals surface area contributed by atoms with Crippen molar-refractivity contribution >= 4 is 11.6 Å². The number of H-pyrrole nitrogens is 1. The van der Waals surface area contributed by atoms with Gasteiger partial charge in [-0.3, -0.25) is 4.79 Å². The van der Waals surface area contributed by atoms with Crippen LogP contribution in [0, 0.1) is 0 Å². The van der Waals surface area contributed by atoms with Crippen molar-refractivity contribution in [2.75, 3.05) is 13.1 Å². The van der Waals surface area contributed by atoms with Crippen molar-refractivity contribution in [3.05, 3.63) is 53.3 Å². The summed E-state index contributed by atoms with van der Waals surface area (Å²) in [5.74, 6) is 0.0474. The number of nitrogens with one attached hydrogen (secondary N) is 3.